The van der Waals surface area contributed by atoms with Crippen LogP contribution in [0.1, 0.15) is 36.2 Å². The van der Waals surface area contributed by atoms with E-state index in [1.165, 1.54) is 5.69 Å². The zero-order valence-corrected chi connectivity index (χ0v) is 20.5. The molecule has 7 heteroatoms. The molecule has 2 aromatic carbocycles. The Balaban J connectivity index is 1.44. The summed E-state index contributed by atoms with van der Waals surface area (Å²) in [6, 6.07) is 16.0. The number of hydrogen-bond acceptors (Lipinski definition) is 7. The topological polar surface area (TPSA) is 73.4 Å². The Kier molecular flexibility index (Phi) is 7.43. The van der Waals surface area contributed by atoms with Gasteiger partial charge in [0.05, 0.1) is 0 Å². The van der Waals surface area contributed by atoms with E-state index in [2.05, 4.69) is 75.6 Å². The quantitative estimate of drug-likeness (QED) is 0.447. The van der Waals surface area contributed by atoms with Crippen LogP contribution in [0, 0.1) is 12.8 Å². The van der Waals surface area contributed by atoms with Crippen LogP contribution < -0.4 is 15.5 Å². The maximum Gasteiger partial charge on any atom is 0.229 e. The summed E-state index contributed by atoms with van der Waals surface area (Å²) in [7, 11) is 2.16. The lowest BCUT2D eigenvalue weighted by atomic mass is 10.0. The van der Waals surface area contributed by atoms with Crippen molar-refractivity contribution in [2.24, 2.45) is 5.92 Å². The number of aromatic nitrogens is 2. The van der Waals surface area contributed by atoms with Crippen LogP contribution in [0.15, 0.2) is 54.7 Å². The number of anilines is 5. The smallest absolute Gasteiger partial charge is 0.229 e. The number of piperazine rings is 1. The molecule has 1 aliphatic rings. The first kappa shape index (κ1) is 23.7. The van der Waals surface area contributed by atoms with Crippen LogP contribution in [0.25, 0.3) is 0 Å². The van der Waals surface area contributed by atoms with Gasteiger partial charge in [-0.1, -0.05) is 26.0 Å². The van der Waals surface area contributed by atoms with Crippen LogP contribution in [0.2, 0.25) is 0 Å². The minimum Gasteiger partial charge on any atom is -0.369 e. The first-order chi connectivity index (χ1) is 16.4. The van der Waals surface area contributed by atoms with Crippen LogP contribution in [0.4, 0.5) is 28.8 Å². The molecule has 1 aliphatic heterocycles. The van der Waals surface area contributed by atoms with Gasteiger partial charge < -0.3 is 20.4 Å². The average Bonchev–Trinajstić information content (AvgIpc) is 2.82. The highest BCUT2D eigenvalue weighted by Crippen LogP contribution is 2.24. The summed E-state index contributed by atoms with van der Waals surface area (Å²) < 4.78 is 0. The number of nitrogens with one attached hydrogen (secondary N) is 2. The highest BCUT2D eigenvalue weighted by molar-refractivity contribution is 5.97. The van der Waals surface area contributed by atoms with E-state index in [1.54, 1.807) is 6.20 Å². The first-order valence-corrected chi connectivity index (χ1v) is 11.9. The summed E-state index contributed by atoms with van der Waals surface area (Å²) in [4.78, 5) is 26.3. The molecule has 4 rings (SSSR count). The molecular weight excluding hydrogens is 424 g/mol. The van der Waals surface area contributed by atoms with Gasteiger partial charge in [-0.05, 0) is 56.3 Å². The molecule has 34 heavy (non-hydrogen) atoms. The molecule has 0 spiro atoms. The standard InChI is InChI=1S/C27H34N6O/c1-19(2)16-25(34)21-6-5-7-23(17-21)29-26-20(3)18-28-27(31-26)30-22-8-10-24(11-9-22)33-14-12-32(4)13-15-33/h5-11,17-19H,12-16H2,1-4H3,(H2,28,29,30,31). The van der Waals surface area contributed by atoms with Gasteiger partial charge >= 0.3 is 0 Å². The van der Waals surface area contributed by atoms with E-state index in [-0.39, 0.29) is 5.78 Å². The van der Waals surface area contributed by atoms with E-state index in [0.717, 1.165) is 43.1 Å². The summed E-state index contributed by atoms with van der Waals surface area (Å²) in [5, 5.41) is 6.65. The number of hydrogen-bond donors (Lipinski definition) is 2. The average molecular weight is 459 g/mol. The third-order valence-electron chi connectivity index (χ3n) is 6.00. The fourth-order valence-corrected chi connectivity index (χ4v) is 3.97. The van der Waals surface area contributed by atoms with Crippen molar-refractivity contribution >= 4 is 34.6 Å². The third kappa shape index (κ3) is 6.11. The van der Waals surface area contributed by atoms with Gasteiger partial charge in [-0.15, -0.1) is 0 Å². The van der Waals surface area contributed by atoms with E-state index in [0.29, 0.717) is 29.7 Å². The molecular formula is C27H34N6O. The van der Waals surface area contributed by atoms with Gasteiger partial charge in [0.15, 0.2) is 5.78 Å². The number of likely N-dealkylation sites (N-methyl/N-ethyl adjacent to an activating group) is 1. The molecule has 3 aromatic rings. The molecule has 0 unspecified atom stereocenters. The fourth-order valence-electron chi connectivity index (χ4n) is 3.97. The zero-order valence-electron chi connectivity index (χ0n) is 20.5. The minimum absolute atomic E-state index is 0.153. The predicted octanol–water partition coefficient (Wildman–Crippen LogP) is 5.25. The van der Waals surface area contributed by atoms with Crippen LogP contribution in [0.5, 0.6) is 0 Å². The molecule has 0 bridgehead atoms. The maximum atomic E-state index is 12.5. The Labute approximate surface area is 202 Å². The highest BCUT2D eigenvalue weighted by Gasteiger charge is 2.14. The van der Waals surface area contributed by atoms with Crippen molar-refractivity contribution < 1.29 is 4.79 Å². The monoisotopic (exact) mass is 458 g/mol. The molecule has 1 aromatic heterocycles. The number of Topliss-reactive ketones (excluding diaryl/α,β-unsaturated/α-hetero) is 1. The van der Waals surface area contributed by atoms with Crippen LogP contribution >= 0.6 is 0 Å². The van der Waals surface area contributed by atoms with Crippen LogP contribution in [-0.4, -0.2) is 53.9 Å². The van der Waals surface area contributed by atoms with Gasteiger partial charge in [-0.25, -0.2) is 4.98 Å². The summed E-state index contributed by atoms with van der Waals surface area (Å²) in [6.45, 7) is 10.3. The highest BCUT2D eigenvalue weighted by atomic mass is 16.1. The Hall–Kier alpha value is -3.45. The number of benzene rings is 2. The van der Waals surface area contributed by atoms with Crippen molar-refractivity contribution in [3.63, 3.8) is 0 Å². The van der Waals surface area contributed by atoms with E-state index in [9.17, 15) is 4.79 Å². The predicted molar refractivity (Wildman–Crippen MR) is 140 cm³/mol. The number of ketones is 1. The molecule has 1 saturated heterocycles. The third-order valence-corrected chi connectivity index (χ3v) is 6.00. The van der Waals surface area contributed by atoms with Gasteiger partial charge in [0.1, 0.15) is 5.82 Å². The number of carbonyl (C=O) groups is 1. The number of rotatable bonds is 8. The number of nitrogens with zero attached hydrogens (tertiary/aromatic N) is 4. The SMILES string of the molecule is Cc1cnc(Nc2ccc(N3CCN(C)CC3)cc2)nc1Nc1cccc(C(=O)CC(C)C)c1. The molecule has 178 valence electrons. The van der Waals surface area contributed by atoms with Gasteiger partial charge in [-0.2, -0.15) is 4.98 Å². The summed E-state index contributed by atoms with van der Waals surface area (Å²) >= 11 is 0. The zero-order chi connectivity index (χ0) is 24.1. The van der Waals surface area contributed by atoms with Crippen molar-refractivity contribution in [2.45, 2.75) is 27.2 Å². The van der Waals surface area contributed by atoms with Crippen molar-refractivity contribution in [3.8, 4) is 0 Å². The minimum atomic E-state index is 0.153. The second-order valence-corrected chi connectivity index (χ2v) is 9.41. The Morgan fingerprint density at radius 1 is 1.00 bits per heavy atom. The summed E-state index contributed by atoms with van der Waals surface area (Å²) in [6.07, 6.45) is 2.34. The lowest BCUT2D eigenvalue weighted by Gasteiger charge is -2.34. The van der Waals surface area contributed by atoms with E-state index in [1.807, 2.05) is 31.2 Å². The number of carbonyl (C=O) groups excluding carboxylic acids is 1. The Bertz CT molecular complexity index is 1120. The van der Waals surface area contributed by atoms with Crippen molar-refractivity contribution in [1.82, 2.24) is 14.9 Å². The lowest BCUT2D eigenvalue weighted by Crippen LogP contribution is -2.44. The molecule has 2 heterocycles. The van der Waals surface area contributed by atoms with Crippen molar-refractivity contribution in [3.05, 3.63) is 65.9 Å². The second kappa shape index (κ2) is 10.7. The van der Waals surface area contributed by atoms with Gasteiger partial charge in [0.2, 0.25) is 5.95 Å². The van der Waals surface area contributed by atoms with Gasteiger partial charge in [-0.3, -0.25) is 4.79 Å². The Morgan fingerprint density at radius 3 is 2.44 bits per heavy atom. The molecule has 7 nitrogen and oxygen atoms in total. The van der Waals surface area contributed by atoms with Crippen molar-refractivity contribution in [1.29, 1.82) is 0 Å². The molecule has 1 fully saturated rings. The molecule has 0 radical (unpaired) electrons. The van der Waals surface area contributed by atoms with E-state index < -0.39 is 0 Å². The van der Waals surface area contributed by atoms with Crippen LogP contribution in [0.3, 0.4) is 0 Å². The lowest BCUT2D eigenvalue weighted by molar-refractivity contribution is 0.0968. The first-order valence-electron chi connectivity index (χ1n) is 11.9. The molecule has 0 saturated carbocycles. The van der Waals surface area contributed by atoms with E-state index in [4.69, 9.17) is 0 Å². The molecule has 2 N–H and O–H groups in total. The summed E-state index contributed by atoms with van der Waals surface area (Å²) in [5.74, 6) is 1.71. The molecule has 0 amide bonds. The molecule has 0 aliphatic carbocycles. The normalized spacial score (nSPS) is 14.3. The second-order valence-electron chi connectivity index (χ2n) is 9.41. The van der Waals surface area contributed by atoms with Gasteiger partial charge in [0, 0.05) is 67.0 Å². The largest absolute Gasteiger partial charge is 0.369 e. The van der Waals surface area contributed by atoms with Crippen LogP contribution in [-0.2, 0) is 0 Å². The van der Waals surface area contributed by atoms with Gasteiger partial charge in [0.25, 0.3) is 0 Å². The maximum absolute atomic E-state index is 12.5. The summed E-state index contributed by atoms with van der Waals surface area (Å²) in [5.41, 5.74) is 4.64. The number of aryl methyl sites for hydroxylation is 1. The fraction of sp³-hybridized carbons (Fsp3) is 0.370. The van der Waals surface area contributed by atoms with E-state index >= 15 is 0 Å². The van der Waals surface area contributed by atoms with Crippen molar-refractivity contribution in [2.75, 3.05) is 48.8 Å². The molecule has 0 atom stereocenters. The Morgan fingerprint density at radius 2 is 1.74 bits per heavy atom.